The molecule has 116 valence electrons. The molecular formula is C16H19ClN4O. The summed E-state index contributed by atoms with van der Waals surface area (Å²) in [6.45, 7) is 2.22. The summed E-state index contributed by atoms with van der Waals surface area (Å²) < 4.78 is 5.58. The van der Waals surface area contributed by atoms with E-state index in [-0.39, 0.29) is 6.10 Å². The third-order valence-electron chi connectivity index (χ3n) is 3.59. The van der Waals surface area contributed by atoms with E-state index in [4.69, 9.17) is 16.3 Å². The molecule has 1 saturated heterocycles. The van der Waals surface area contributed by atoms with Gasteiger partial charge in [-0.2, -0.15) is 4.98 Å². The first-order valence-corrected chi connectivity index (χ1v) is 7.85. The average Bonchev–Trinajstić information content (AvgIpc) is 3.06. The Hall–Kier alpha value is -1.85. The number of halogens is 1. The molecule has 1 atom stereocenters. The molecule has 0 aliphatic carbocycles. The summed E-state index contributed by atoms with van der Waals surface area (Å²) in [6.07, 6.45) is 4.23. The lowest BCUT2D eigenvalue weighted by molar-refractivity contribution is 0.120. The van der Waals surface area contributed by atoms with E-state index < -0.39 is 0 Å². The Kier molecular flexibility index (Phi) is 5.08. The Labute approximate surface area is 135 Å². The Morgan fingerprint density at radius 1 is 1.23 bits per heavy atom. The number of hydrogen-bond donors (Lipinski definition) is 2. The summed E-state index contributed by atoms with van der Waals surface area (Å²) >= 11 is 6.15. The monoisotopic (exact) mass is 318 g/mol. The standard InChI is InChI=1S/C16H19ClN4O/c17-14-6-2-1-4-12(14)10-19-15-7-8-18-16(21-15)20-11-13-5-3-9-22-13/h1-2,4,6-8,13H,3,5,9-11H2,(H2,18,19,20,21). The summed E-state index contributed by atoms with van der Waals surface area (Å²) in [5.74, 6) is 1.38. The van der Waals surface area contributed by atoms with Crippen LogP contribution in [0.5, 0.6) is 0 Å². The number of aromatic nitrogens is 2. The van der Waals surface area contributed by atoms with Crippen molar-refractivity contribution in [3.8, 4) is 0 Å². The second-order valence-electron chi connectivity index (χ2n) is 5.23. The third-order valence-corrected chi connectivity index (χ3v) is 3.95. The predicted octanol–water partition coefficient (Wildman–Crippen LogP) is 3.33. The molecule has 0 amide bonds. The maximum Gasteiger partial charge on any atom is 0.224 e. The van der Waals surface area contributed by atoms with Crippen molar-refractivity contribution >= 4 is 23.4 Å². The largest absolute Gasteiger partial charge is 0.376 e. The highest BCUT2D eigenvalue weighted by atomic mass is 35.5. The van der Waals surface area contributed by atoms with Crippen LogP contribution in [0.25, 0.3) is 0 Å². The van der Waals surface area contributed by atoms with Gasteiger partial charge >= 0.3 is 0 Å². The van der Waals surface area contributed by atoms with Gasteiger partial charge in [0.25, 0.3) is 0 Å². The highest BCUT2D eigenvalue weighted by Gasteiger charge is 2.15. The van der Waals surface area contributed by atoms with E-state index in [9.17, 15) is 0 Å². The van der Waals surface area contributed by atoms with Crippen LogP contribution in [0.4, 0.5) is 11.8 Å². The molecule has 5 nitrogen and oxygen atoms in total. The fourth-order valence-corrected chi connectivity index (χ4v) is 2.58. The SMILES string of the molecule is Clc1ccccc1CNc1ccnc(NCC2CCCO2)n1. The maximum atomic E-state index is 6.15. The number of nitrogens with zero attached hydrogens (tertiary/aromatic N) is 2. The molecule has 1 aromatic carbocycles. The van der Waals surface area contributed by atoms with Crippen LogP contribution in [0.2, 0.25) is 5.02 Å². The molecule has 0 spiro atoms. The highest BCUT2D eigenvalue weighted by Crippen LogP contribution is 2.17. The van der Waals surface area contributed by atoms with Gasteiger partial charge < -0.3 is 15.4 Å². The van der Waals surface area contributed by atoms with Crippen molar-refractivity contribution in [1.82, 2.24) is 9.97 Å². The Morgan fingerprint density at radius 2 is 2.14 bits per heavy atom. The molecule has 1 fully saturated rings. The molecule has 2 aromatic rings. The minimum absolute atomic E-state index is 0.267. The molecule has 0 radical (unpaired) electrons. The molecule has 1 aromatic heterocycles. The van der Waals surface area contributed by atoms with Crippen molar-refractivity contribution in [2.24, 2.45) is 0 Å². The van der Waals surface area contributed by atoms with Crippen molar-refractivity contribution in [1.29, 1.82) is 0 Å². The number of rotatable bonds is 6. The quantitative estimate of drug-likeness (QED) is 0.855. The van der Waals surface area contributed by atoms with Gasteiger partial charge in [0.15, 0.2) is 0 Å². The minimum Gasteiger partial charge on any atom is -0.376 e. The van der Waals surface area contributed by atoms with Gasteiger partial charge in [-0.3, -0.25) is 0 Å². The first kappa shape index (κ1) is 15.1. The summed E-state index contributed by atoms with van der Waals surface area (Å²) in [7, 11) is 0. The van der Waals surface area contributed by atoms with Crippen molar-refractivity contribution in [2.45, 2.75) is 25.5 Å². The van der Waals surface area contributed by atoms with Gasteiger partial charge in [0, 0.05) is 30.9 Å². The lowest BCUT2D eigenvalue weighted by Crippen LogP contribution is -2.19. The molecule has 1 unspecified atom stereocenters. The lowest BCUT2D eigenvalue weighted by Gasteiger charge is -2.12. The molecule has 6 heteroatoms. The molecule has 22 heavy (non-hydrogen) atoms. The molecule has 1 aliphatic rings. The van der Waals surface area contributed by atoms with Gasteiger partial charge in [-0.1, -0.05) is 29.8 Å². The van der Waals surface area contributed by atoms with Gasteiger partial charge in [0.1, 0.15) is 5.82 Å². The highest BCUT2D eigenvalue weighted by molar-refractivity contribution is 6.31. The fourth-order valence-electron chi connectivity index (χ4n) is 2.38. The van der Waals surface area contributed by atoms with E-state index in [0.29, 0.717) is 12.5 Å². The van der Waals surface area contributed by atoms with Crippen LogP contribution in [0.3, 0.4) is 0 Å². The number of hydrogen-bond acceptors (Lipinski definition) is 5. The number of ether oxygens (including phenoxy) is 1. The first-order chi connectivity index (χ1) is 10.8. The zero-order valence-corrected chi connectivity index (χ0v) is 13.0. The van der Waals surface area contributed by atoms with Gasteiger partial charge in [-0.05, 0) is 30.5 Å². The van der Waals surface area contributed by atoms with Crippen LogP contribution in [0.1, 0.15) is 18.4 Å². The number of benzene rings is 1. The van der Waals surface area contributed by atoms with Crippen LogP contribution in [-0.2, 0) is 11.3 Å². The van der Waals surface area contributed by atoms with Crippen LogP contribution in [0, 0.1) is 0 Å². The predicted molar refractivity (Wildman–Crippen MR) is 88.3 cm³/mol. The van der Waals surface area contributed by atoms with E-state index in [1.165, 1.54) is 0 Å². The smallest absolute Gasteiger partial charge is 0.224 e. The lowest BCUT2D eigenvalue weighted by atomic mass is 10.2. The fraction of sp³-hybridized carbons (Fsp3) is 0.375. The van der Waals surface area contributed by atoms with E-state index in [0.717, 1.165) is 42.4 Å². The Bertz CT molecular complexity index is 617. The number of nitrogens with one attached hydrogen (secondary N) is 2. The van der Waals surface area contributed by atoms with E-state index in [2.05, 4.69) is 20.6 Å². The van der Waals surface area contributed by atoms with Crippen molar-refractivity contribution in [3.05, 3.63) is 47.1 Å². The van der Waals surface area contributed by atoms with Crippen LogP contribution in [-0.4, -0.2) is 29.2 Å². The molecule has 2 heterocycles. The van der Waals surface area contributed by atoms with E-state index >= 15 is 0 Å². The van der Waals surface area contributed by atoms with Gasteiger partial charge in [0.05, 0.1) is 6.10 Å². The summed E-state index contributed by atoms with van der Waals surface area (Å²) in [4.78, 5) is 8.68. The first-order valence-electron chi connectivity index (χ1n) is 7.47. The molecule has 2 N–H and O–H groups in total. The normalized spacial score (nSPS) is 17.4. The molecule has 0 saturated carbocycles. The van der Waals surface area contributed by atoms with Crippen molar-refractivity contribution < 1.29 is 4.74 Å². The Balaban J connectivity index is 1.55. The summed E-state index contributed by atoms with van der Waals surface area (Å²) in [6, 6.07) is 9.61. The van der Waals surface area contributed by atoms with E-state index in [1.54, 1.807) is 6.20 Å². The summed E-state index contributed by atoms with van der Waals surface area (Å²) in [5.41, 5.74) is 1.04. The topological polar surface area (TPSA) is 59.1 Å². The third kappa shape index (κ3) is 4.08. The molecule has 1 aliphatic heterocycles. The minimum atomic E-state index is 0.267. The van der Waals surface area contributed by atoms with Gasteiger partial charge in [-0.15, -0.1) is 0 Å². The van der Waals surface area contributed by atoms with Crippen LogP contribution >= 0.6 is 11.6 Å². The zero-order chi connectivity index (χ0) is 15.2. The summed E-state index contributed by atoms with van der Waals surface area (Å²) in [5, 5.41) is 7.24. The van der Waals surface area contributed by atoms with Gasteiger partial charge in [0.2, 0.25) is 5.95 Å². The molecular weight excluding hydrogens is 300 g/mol. The maximum absolute atomic E-state index is 6.15. The second-order valence-corrected chi connectivity index (χ2v) is 5.63. The van der Waals surface area contributed by atoms with Crippen LogP contribution in [0.15, 0.2) is 36.5 Å². The van der Waals surface area contributed by atoms with E-state index in [1.807, 2.05) is 30.3 Å². The molecule has 3 rings (SSSR count). The average molecular weight is 319 g/mol. The zero-order valence-electron chi connectivity index (χ0n) is 12.3. The van der Waals surface area contributed by atoms with Crippen LogP contribution < -0.4 is 10.6 Å². The number of anilines is 2. The van der Waals surface area contributed by atoms with Gasteiger partial charge in [-0.25, -0.2) is 4.98 Å². The van der Waals surface area contributed by atoms with Crippen molar-refractivity contribution in [3.63, 3.8) is 0 Å². The molecule has 0 bridgehead atoms. The second kappa shape index (κ2) is 7.42. The Morgan fingerprint density at radius 3 is 2.95 bits per heavy atom. The van der Waals surface area contributed by atoms with Crippen molar-refractivity contribution in [2.75, 3.05) is 23.8 Å².